The van der Waals surface area contributed by atoms with E-state index in [1.54, 1.807) is 68.1 Å². The summed E-state index contributed by atoms with van der Waals surface area (Å²) in [5.74, 6) is 0.177. The normalized spacial score (nSPS) is 12.9. The molecule has 0 saturated heterocycles. The Morgan fingerprint density at radius 1 is 0.919 bits per heavy atom. The van der Waals surface area contributed by atoms with E-state index >= 15 is 0 Å². The van der Waals surface area contributed by atoms with E-state index in [1.165, 1.54) is 24.0 Å². The van der Waals surface area contributed by atoms with Crippen molar-refractivity contribution in [3.8, 4) is 11.5 Å². The molecule has 0 spiro atoms. The number of carbonyl (C=O) groups excluding carboxylic acids is 2. The summed E-state index contributed by atoms with van der Waals surface area (Å²) in [4.78, 5) is 25.8. The van der Waals surface area contributed by atoms with Crippen LogP contribution in [0.1, 0.15) is 30.0 Å². The van der Waals surface area contributed by atoms with Crippen molar-refractivity contribution in [1.29, 1.82) is 0 Å². The molecule has 9 nitrogen and oxygen atoms in total. The average Bonchev–Trinajstić information content (AvgIpc) is 2.87. The Labute approximate surface area is 217 Å². The predicted octanol–water partition coefficient (Wildman–Crippen LogP) is 3.51. The minimum atomic E-state index is -4.00. The van der Waals surface area contributed by atoms with Crippen molar-refractivity contribution in [3.63, 3.8) is 0 Å². The van der Waals surface area contributed by atoms with E-state index in [0.717, 1.165) is 11.1 Å². The van der Waals surface area contributed by atoms with E-state index in [9.17, 15) is 18.0 Å². The summed E-state index contributed by atoms with van der Waals surface area (Å²) >= 11 is 0. The number of hydrogen-bond donors (Lipinski definition) is 3. The molecule has 3 aromatic rings. The zero-order valence-electron chi connectivity index (χ0n) is 21.2. The molecule has 10 heteroatoms. The monoisotopic (exact) mass is 525 g/mol. The first-order valence-corrected chi connectivity index (χ1v) is 13.1. The first kappa shape index (κ1) is 27.9. The van der Waals surface area contributed by atoms with Gasteiger partial charge in [-0.2, -0.15) is 4.72 Å². The van der Waals surface area contributed by atoms with Crippen LogP contribution in [-0.4, -0.2) is 44.4 Å². The number of hydrogen-bond acceptors (Lipinski definition) is 6. The van der Waals surface area contributed by atoms with Crippen molar-refractivity contribution in [2.75, 3.05) is 14.1 Å². The third kappa shape index (κ3) is 6.94. The fourth-order valence-electron chi connectivity index (χ4n) is 3.75. The number of benzene rings is 3. The van der Waals surface area contributed by atoms with Crippen LogP contribution >= 0.6 is 0 Å². The molecule has 3 N–H and O–H groups in total. The van der Waals surface area contributed by atoms with Crippen LogP contribution in [0.15, 0.2) is 77.7 Å². The van der Waals surface area contributed by atoms with Gasteiger partial charge in [0, 0.05) is 20.5 Å². The second-order valence-corrected chi connectivity index (χ2v) is 10.7. The lowest BCUT2D eigenvalue weighted by Gasteiger charge is -2.32. The van der Waals surface area contributed by atoms with Gasteiger partial charge in [0.25, 0.3) is 0 Å². The highest BCUT2D eigenvalue weighted by Crippen LogP contribution is 2.29. The highest BCUT2D eigenvalue weighted by molar-refractivity contribution is 7.89. The quantitative estimate of drug-likeness (QED) is 0.275. The molecular formula is C27H31N3O6S. The molecule has 3 rings (SSSR count). The molecule has 0 aliphatic rings. The van der Waals surface area contributed by atoms with Crippen molar-refractivity contribution >= 4 is 21.8 Å². The van der Waals surface area contributed by atoms with Gasteiger partial charge in [0.1, 0.15) is 17.0 Å². The molecule has 37 heavy (non-hydrogen) atoms. The number of hydroxylamine groups is 1. The number of amides is 2. The van der Waals surface area contributed by atoms with Gasteiger partial charge in [-0.05, 0) is 67.8 Å². The Kier molecular flexibility index (Phi) is 8.69. The minimum Gasteiger partial charge on any atom is -0.457 e. The predicted molar refractivity (Wildman–Crippen MR) is 139 cm³/mol. The average molecular weight is 526 g/mol. The molecule has 2 amide bonds. The van der Waals surface area contributed by atoms with Crippen LogP contribution in [0.4, 0.5) is 0 Å². The molecule has 196 valence electrons. The summed E-state index contributed by atoms with van der Waals surface area (Å²) in [6.45, 7) is 3.40. The number of carbonyl (C=O) groups is 2. The number of sulfonamides is 1. The Bertz CT molecular complexity index is 1340. The standard InChI is InChI=1S/C27H31N3O6S/c1-19-5-16-24(17-6-19)37(34,35)29-27(2,26(32)30(3)4)21-10-14-23(15-11-21)36-22-12-7-20(8-13-22)9-18-25(31)28-33/h5-8,10-17,29,33H,9,18H2,1-4H3,(H,28,31). The second-order valence-electron chi connectivity index (χ2n) is 9.05. The number of aryl methyl sites for hydroxylation is 2. The lowest BCUT2D eigenvalue weighted by atomic mass is 9.91. The molecule has 3 aromatic carbocycles. The fourth-order valence-corrected chi connectivity index (χ4v) is 5.10. The molecule has 0 aliphatic carbocycles. The van der Waals surface area contributed by atoms with Crippen molar-refractivity contribution < 1.29 is 28.0 Å². The van der Waals surface area contributed by atoms with Crippen LogP contribution in [0.3, 0.4) is 0 Å². The molecule has 0 aliphatic heterocycles. The van der Waals surface area contributed by atoms with Crippen LogP contribution in [0.2, 0.25) is 0 Å². The molecule has 0 bridgehead atoms. The lowest BCUT2D eigenvalue weighted by molar-refractivity contribution is -0.134. The van der Waals surface area contributed by atoms with Crippen molar-refractivity contribution in [2.24, 2.45) is 0 Å². The summed E-state index contributed by atoms with van der Waals surface area (Å²) in [7, 11) is -0.869. The van der Waals surface area contributed by atoms with Crippen molar-refractivity contribution in [3.05, 3.63) is 89.5 Å². The van der Waals surface area contributed by atoms with Gasteiger partial charge in [-0.25, -0.2) is 13.9 Å². The first-order valence-electron chi connectivity index (χ1n) is 11.6. The zero-order valence-corrected chi connectivity index (χ0v) is 22.0. The van der Waals surface area contributed by atoms with Crippen LogP contribution in [-0.2, 0) is 31.6 Å². The maximum absolute atomic E-state index is 13.2. The molecule has 0 saturated carbocycles. The Balaban J connectivity index is 1.81. The van der Waals surface area contributed by atoms with Gasteiger partial charge in [-0.3, -0.25) is 14.8 Å². The number of nitrogens with one attached hydrogen (secondary N) is 2. The fraction of sp³-hybridized carbons (Fsp3) is 0.259. The summed E-state index contributed by atoms with van der Waals surface area (Å²) in [6, 6.07) is 20.2. The summed E-state index contributed by atoms with van der Waals surface area (Å²) < 4.78 is 34.8. The maximum Gasteiger partial charge on any atom is 0.247 e. The van der Waals surface area contributed by atoms with Crippen LogP contribution in [0.5, 0.6) is 11.5 Å². The third-order valence-corrected chi connectivity index (χ3v) is 7.43. The van der Waals surface area contributed by atoms with E-state index in [1.807, 2.05) is 19.1 Å². The topological polar surface area (TPSA) is 125 Å². The lowest BCUT2D eigenvalue weighted by Crippen LogP contribution is -2.53. The van der Waals surface area contributed by atoms with Crippen LogP contribution in [0.25, 0.3) is 0 Å². The minimum absolute atomic E-state index is 0.0660. The number of nitrogens with zero attached hydrogens (tertiary/aromatic N) is 1. The number of likely N-dealkylation sites (N-methyl/N-ethyl adjacent to an activating group) is 1. The number of rotatable bonds is 10. The summed E-state index contributed by atoms with van der Waals surface area (Å²) in [6.07, 6.45) is 0.634. The van der Waals surface area contributed by atoms with E-state index in [0.29, 0.717) is 23.5 Å². The third-order valence-electron chi connectivity index (χ3n) is 5.86. The van der Waals surface area contributed by atoms with E-state index in [4.69, 9.17) is 9.94 Å². The summed E-state index contributed by atoms with van der Waals surface area (Å²) in [5.41, 5.74) is 2.32. The Morgan fingerprint density at radius 2 is 1.46 bits per heavy atom. The zero-order chi connectivity index (χ0) is 27.2. The van der Waals surface area contributed by atoms with E-state index in [2.05, 4.69) is 4.72 Å². The molecule has 0 radical (unpaired) electrons. The first-order chi connectivity index (χ1) is 17.4. The Hall–Kier alpha value is -3.73. The second kappa shape index (κ2) is 11.5. The number of ether oxygens (including phenoxy) is 1. The molecule has 1 unspecified atom stereocenters. The van der Waals surface area contributed by atoms with Gasteiger partial charge in [0.05, 0.1) is 4.90 Å². The highest BCUT2D eigenvalue weighted by Gasteiger charge is 2.40. The van der Waals surface area contributed by atoms with Gasteiger partial charge in [-0.1, -0.05) is 42.0 Å². The summed E-state index contributed by atoms with van der Waals surface area (Å²) in [5, 5.41) is 8.59. The molecule has 0 heterocycles. The van der Waals surface area contributed by atoms with E-state index in [-0.39, 0.29) is 11.3 Å². The maximum atomic E-state index is 13.2. The van der Waals surface area contributed by atoms with Crippen molar-refractivity contribution in [1.82, 2.24) is 15.1 Å². The van der Waals surface area contributed by atoms with E-state index < -0.39 is 27.4 Å². The smallest absolute Gasteiger partial charge is 0.247 e. The SMILES string of the molecule is Cc1ccc(S(=O)(=O)NC(C)(C(=O)N(C)C)c2ccc(Oc3ccc(CCC(=O)NO)cc3)cc2)cc1. The van der Waals surface area contributed by atoms with Gasteiger partial charge in [-0.15, -0.1) is 0 Å². The molecular weight excluding hydrogens is 494 g/mol. The molecule has 1 atom stereocenters. The van der Waals surface area contributed by atoms with Gasteiger partial charge >= 0.3 is 0 Å². The van der Waals surface area contributed by atoms with Crippen molar-refractivity contribution in [2.45, 2.75) is 37.1 Å². The van der Waals surface area contributed by atoms with Gasteiger partial charge in [0.2, 0.25) is 21.8 Å². The molecule has 0 aromatic heterocycles. The highest BCUT2D eigenvalue weighted by atomic mass is 32.2. The van der Waals surface area contributed by atoms with Crippen LogP contribution in [0, 0.1) is 6.92 Å². The van der Waals surface area contributed by atoms with Crippen LogP contribution < -0.4 is 14.9 Å². The van der Waals surface area contributed by atoms with Gasteiger partial charge in [0.15, 0.2) is 0 Å². The Morgan fingerprint density at radius 3 is 1.97 bits per heavy atom. The van der Waals surface area contributed by atoms with Gasteiger partial charge < -0.3 is 9.64 Å². The molecule has 0 fully saturated rings. The largest absolute Gasteiger partial charge is 0.457 e.